The molecule has 4 heteroatoms. The second kappa shape index (κ2) is 9.11. The molecule has 0 aliphatic heterocycles. The average Bonchev–Trinajstić information content (AvgIpc) is 2.60. The van der Waals surface area contributed by atoms with Crippen LogP contribution in [-0.4, -0.2) is 18.6 Å². The van der Waals surface area contributed by atoms with Crippen molar-refractivity contribution in [3.8, 4) is 11.5 Å². The van der Waals surface area contributed by atoms with Gasteiger partial charge < -0.3 is 14.8 Å². The Morgan fingerprint density at radius 2 is 1.84 bits per heavy atom. The van der Waals surface area contributed by atoms with Crippen molar-refractivity contribution in [2.45, 2.75) is 46.6 Å². The molecule has 4 nitrogen and oxygen atoms in total. The van der Waals surface area contributed by atoms with E-state index in [0.29, 0.717) is 6.61 Å². The molecule has 0 aromatic heterocycles. The normalized spacial score (nSPS) is 11.7. The van der Waals surface area contributed by atoms with E-state index in [1.54, 1.807) is 6.92 Å². The number of unbranched alkanes of at least 4 members (excludes halogenated alkanes) is 1. The zero-order valence-electron chi connectivity index (χ0n) is 15.5. The number of carbonyl (C=O) groups is 1. The van der Waals surface area contributed by atoms with E-state index in [1.165, 1.54) is 0 Å². The van der Waals surface area contributed by atoms with Crippen LogP contribution in [0.2, 0.25) is 0 Å². The van der Waals surface area contributed by atoms with Crippen molar-refractivity contribution in [3.05, 3.63) is 53.6 Å². The summed E-state index contributed by atoms with van der Waals surface area (Å²) in [6.07, 6.45) is 1.55. The molecule has 0 bridgehead atoms. The maximum atomic E-state index is 12.3. The maximum absolute atomic E-state index is 12.3. The van der Waals surface area contributed by atoms with Crippen molar-refractivity contribution in [2.75, 3.05) is 11.9 Å². The molecule has 25 heavy (non-hydrogen) atoms. The minimum atomic E-state index is -0.582. The lowest BCUT2D eigenvalue weighted by Crippen LogP contribution is -2.30. The molecule has 0 saturated carbocycles. The largest absolute Gasteiger partial charge is 0.494 e. The summed E-state index contributed by atoms with van der Waals surface area (Å²) < 4.78 is 11.4. The quantitative estimate of drug-likeness (QED) is 0.696. The Morgan fingerprint density at radius 1 is 1.12 bits per heavy atom. The van der Waals surface area contributed by atoms with Crippen LogP contribution in [0.3, 0.4) is 0 Å². The highest BCUT2D eigenvalue weighted by atomic mass is 16.5. The van der Waals surface area contributed by atoms with Crippen molar-refractivity contribution in [1.82, 2.24) is 0 Å². The molecule has 2 rings (SSSR count). The van der Waals surface area contributed by atoms with Gasteiger partial charge in [-0.15, -0.1) is 0 Å². The maximum Gasteiger partial charge on any atom is 0.265 e. The van der Waals surface area contributed by atoms with Crippen LogP contribution in [0.5, 0.6) is 11.5 Å². The number of ether oxygens (including phenoxy) is 2. The van der Waals surface area contributed by atoms with E-state index in [2.05, 4.69) is 12.2 Å². The lowest BCUT2D eigenvalue weighted by atomic mass is 10.1. The number of hydrogen-bond acceptors (Lipinski definition) is 3. The first-order valence-electron chi connectivity index (χ1n) is 8.77. The average molecular weight is 341 g/mol. The van der Waals surface area contributed by atoms with Gasteiger partial charge in [0.25, 0.3) is 5.91 Å². The van der Waals surface area contributed by atoms with Crippen molar-refractivity contribution in [1.29, 1.82) is 0 Å². The molecule has 0 saturated heterocycles. The molecule has 1 amide bonds. The van der Waals surface area contributed by atoms with Crippen molar-refractivity contribution in [3.63, 3.8) is 0 Å². The fraction of sp³-hybridized carbons (Fsp3) is 0.381. The highest BCUT2D eigenvalue weighted by Gasteiger charge is 2.16. The Hall–Kier alpha value is -2.49. The molecular weight excluding hydrogens is 314 g/mol. The van der Waals surface area contributed by atoms with Crippen LogP contribution in [-0.2, 0) is 4.79 Å². The van der Waals surface area contributed by atoms with Crippen LogP contribution >= 0.6 is 0 Å². The van der Waals surface area contributed by atoms with Crippen LogP contribution in [0.25, 0.3) is 0 Å². The first-order valence-corrected chi connectivity index (χ1v) is 8.77. The standard InChI is InChI=1S/C21H27NO3/c1-5-6-13-24-19-11-9-18(10-12-19)22-21(23)17(4)25-20-14-15(2)7-8-16(20)3/h7-12,14,17H,5-6,13H2,1-4H3,(H,22,23)/t17-/m1/s1. The number of rotatable bonds is 8. The predicted molar refractivity (Wildman–Crippen MR) is 101 cm³/mol. The van der Waals surface area contributed by atoms with Crippen LogP contribution in [0.1, 0.15) is 37.8 Å². The van der Waals surface area contributed by atoms with Crippen LogP contribution in [0.15, 0.2) is 42.5 Å². The minimum Gasteiger partial charge on any atom is -0.494 e. The van der Waals surface area contributed by atoms with Crippen molar-refractivity contribution >= 4 is 11.6 Å². The molecule has 1 N–H and O–H groups in total. The molecule has 134 valence electrons. The number of anilines is 1. The molecule has 0 spiro atoms. The number of amides is 1. The number of carbonyl (C=O) groups excluding carboxylic acids is 1. The van der Waals surface area contributed by atoms with Crippen LogP contribution < -0.4 is 14.8 Å². The Morgan fingerprint density at radius 3 is 2.52 bits per heavy atom. The van der Waals surface area contributed by atoms with E-state index in [9.17, 15) is 4.79 Å². The molecular formula is C21H27NO3. The van der Waals surface area contributed by atoms with Gasteiger partial charge in [-0.1, -0.05) is 25.5 Å². The third-order valence-electron chi connectivity index (χ3n) is 3.91. The summed E-state index contributed by atoms with van der Waals surface area (Å²) >= 11 is 0. The van der Waals surface area contributed by atoms with Gasteiger partial charge in [-0.3, -0.25) is 4.79 Å². The summed E-state index contributed by atoms with van der Waals surface area (Å²) in [6.45, 7) is 8.56. The number of nitrogens with one attached hydrogen (secondary N) is 1. The number of aryl methyl sites for hydroxylation is 2. The number of benzene rings is 2. The third-order valence-corrected chi connectivity index (χ3v) is 3.91. The van der Waals surface area contributed by atoms with Gasteiger partial charge in [0.15, 0.2) is 6.10 Å². The molecule has 0 fully saturated rings. The lowest BCUT2D eigenvalue weighted by Gasteiger charge is -2.17. The summed E-state index contributed by atoms with van der Waals surface area (Å²) in [6, 6.07) is 13.4. The Kier molecular flexibility index (Phi) is 6.87. The minimum absolute atomic E-state index is 0.180. The molecule has 0 radical (unpaired) electrons. The van der Waals surface area contributed by atoms with Gasteiger partial charge in [0, 0.05) is 5.69 Å². The van der Waals surface area contributed by atoms with E-state index in [4.69, 9.17) is 9.47 Å². The van der Waals surface area contributed by atoms with E-state index in [1.807, 2.05) is 56.3 Å². The van der Waals surface area contributed by atoms with Crippen molar-refractivity contribution < 1.29 is 14.3 Å². The van der Waals surface area contributed by atoms with Gasteiger partial charge >= 0.3 is 0 Å². The zero-order chi connectivity index (χ0) is 18.2. The summed E-state index contributed by atoms with van der Waals surface area (Å²) in [5, 5.41) is 2.87. The molecule has 1 atom stereocenters. The van der Waals surface area contributed by atoms with Crippen molar-refractivity contribution in [2.24, 2.45) is 0 Å². The highest BCUT2D eigenvalue weighted by molar-refractivity contribution is 5.94. The molecule has 0 unspecified atom stereocenters. The Labute approximate surface area is 150 Å². The number of hydrogen-bond donors (Lipinski definition) is 1. The molecule has 2 aromatic rings. The third kappa shape index (κ3) is 5.82. The van der Waals surface area contributed by atoms with Gasteiger partial charge in [-0.2, -0.15) is 0 Å². The second-order valence-corrected chi connectivity index (χ2v) is 6.24. The first-order chi connectivity index (χ1) is 12.0. The molecule has 0 heterocycles. The summed E-state index contributed by atoms with van der Waals surface area (Å²) in [7, 11) is 0. The SMILES string of the molecule is CCCCOc1ccc(NC(=O)[C@@H](C)Oc2cc(C)ccc2C)cc1. The van der Waals surface area contributed by atoms with E-state index in [-0.39, 0.29) is 5.91 Å². The summed E-state index contributed by atoms with van der Waals surface area (Å²) in [4.78, 5) is 12.3. The van der Waals surface area contributed by atoms with Gasteiger partial charge in [0.2, 0.25) is 0 Å². The van der Waals surface area contributed by atoms with Gasteiger partial charge in [-0.05, 0) is 68.7 Å². The fourth-order valence-corrected chi connectivity index (χ4v) is 2.29. The predicted octanol–water partition coefficient (Wildman–Crippen LogP) is 4.89. The van der Waals surface area contributed by atoms with Gasteiger partial charge in [-0.25, -0.2) is 0 Å². The highest BCUT2D eigenvalue weighted by Crippen LogP contribution is 2.21. The van der Waals surface area contributed by atoms with E-state index >= 15 is 0 Å². The Bertz CT molecular complexity index is 695. The summed E-state index contributed by atoms with van der Waals surface area (Å²) in [5.41, 5.74) is 2.84. The summed E-state index contributed by atoms with van der Waals surface area (Å²) in [5.74, 6) is 1.37. The molecule has 0 aliphatic carbocycles. The van der Waals surface area contributed by atoms with E-state index < -0.39 is 6.10 Å². The zero-order valence-corrected chi connectivity index (χ0v) is 15.5. The topological polar surface area (TPSA) is 47.6 Å². The Balaban J connectivity index is 1.91. The van der Waals surface area contributed by atoms with Crippen LogP contribution in [0.4, 0.5) is 5.69 Å². The van der Waals surface area contributed by atoms with Crippen LogP contribution in [0, 0.1) is 13.8 Å². The first kappa shape index (κ1) is 18.8. The molecule has 0 aliphatic rings. The second-order valence-electron chi connectivity index (χ2n) is 6.24. The fourth-order valence-electron chi connectivity index (χ4n) is 2.29. The van der Waals surface area contributed by atoms with E-state index in [0.717, 1.165) is 41.2 Å². The monoisotopic (exact) mass is 341 g/mol. The lowest BCUT2D eigenvalue weighted by molar-refractivity contribution is -0.122. The molecule has 2 aromatic carbocycles. The van der Waals surface area contributed by atoms with Gasteiger partial charge in [0.05, 0.1) is 6.61 Å². The smallest absolute Gasteiger partial charge is 0.265 e. The van der Waals surface area contributed by atoms with Gasteiger partial charge in [0.1, 0.15) is 11.5 Å².